The van der Waals surface area contributed by atoms with Gasteiger partial charge in [0.25, 0.3) is 0 Å². The van der Waals surface area contributed by atoms with E-state index >= 15 is 0 Å². The van der Waals surface area contributed by atoms with Gasteiger partial charge < -0.3 is 5.32 Å². The lowest BCUT2D eigenvalue weighted by molar-refractivity contribution is -0.122. The van der Waals surface area contributed by atoms with Gasteiger partial charge in [0.1, 0.15) is 0 Å². The van der Waals surface area contributed by atoms with Crippen LogP contribution in [0.2, 0.25) is 15.1 Å². The Balaban J connectivity index is 1.86. The van der Waals surface area contributed by atoms with Gasteiger partial charge in [-0.25, -0.2) is 8.42 Å². The molecule has 0 aliphatic rings. The van der Waals surface area contributed by atoms with E-state index in [1.807, 2.05) is 6.92 Å². The van der Waals surface area contributed by atoms with Crippen molar-refractivity contribution in [1.82, 2.24) is 9.62 Å². The van der Waals surface area contributed by atoms with Crippen LogP contribution in [0.15, 0.2) is 76.1 Å². The van der Waals surface area contributed by atoms with Gasteiger partial charge >= 0.3 is 0 Å². The molecule has 0 heterocycles. The monoisotopic (exact) mass is 588 g/mol. The van der Waals surface area contributed by atoms with E-state index in [0.717, 1.165) is 14.3 Å². The van der Waals surface area contributed by atoms with E-state index in [0.29, 0.717) is 20.6 Å². The number of nitrogens with zero attached hydrogens (tertiary/aromatic N) is 1. The van der Waals surface area contributed by atoms with Crippen LogP contribution in [-0.4, -0.2) is 25.2 Å². The Bertz CT molecular complexity index is 1240. The van der Waals surface area contributed by atoms with Crippen LogP contribution in [0, 0.1) is 0 Å². The quantitative estimate of drug-likeness (QED) is 0.327. The summed E-state index contributed by atoms with van der Waals surface area (Å²) >= 11 is 21.5. The maximum Gasteiger partial charge on any atom is 0.243 e. The van der Waals surface area contributed by atoms with Gasteiger partial charge in [-0.15, -0.1) is 0 Å². The van der Waals surface area contributed by atoms with Crippen LogP contribution < -0.4 is 5.32 Å². The van der Waals surface area contributed by atoms with Crippen molar-refractivity contribution in [1.29, 1.82) is 0 Å². The van der Waals surface area contributed by atoms with Crippen LogP contribution in [-0.2, 0) is 21.4 Å². The van der Waals surface area contributed by atoms with Crippen LogP contribution in [0.5, 0.6) is 0 Å². The Morgan fingerprint density at radius 2 is 1.58 bits per heavy atom. The standard InChI is InChI=1S/C23H20BrCl3N2O3S/c1-15(16-2-7-19(25)8-3-16)28-23(30)14-29(13-17-4-9-20(26)12-22(17)27)33(31,32)21-10-5-18(24)6-11-21/h2-12,15H,13-14H2,1H3,(H,28,30)/t15-/m0/s1. The highest BCUT2D eigenvalue weighted by molar-refractivity contribution is 9.10. The Kier molecular flexibility index (Phi) is 8.83. The second kappa shape index (κ2) is 11.2. The Labute approximate surface area is 216 Å². The zero-order chi connectivity index (χ0) is 24.2. The molecule has 174 valence electrons. The first-order valence-electron chi connectivity index (χ1n) is 9.81. The molecule has 0 unspecified atom stereocenters. The molecular formula is C23H20BrCl3N2O3S. The number of halogens is 4. The highest BCUT2D eigenvalue weighted by Crippen LogP contribution is 2.26. The van der Waals surface area contributed by atoms with Crippen LogP contribution in [0.4, 0.5) is 0 Å². The lowest BCUT2D eigenvalue weighted by atomic mass is 10.1. The summed E-state index contributed by atoms with van der Waals surface area (Å²) in [6, 6.07) is 17.7. The molecule has 5 nitrogen and oxygen atoms in total. The number of carbonyl (C=O) groups is 1. The molecule has 3 aromatic rings. The smallest absolute Gasteiger partial charge is 0.243 e. The maximum atomic E-state index is 13.4. The van der Waals surface area contributed by atoms with Crippen molar-refractivity contribution in [2.45, 2.75) is 24.4 Å². The summed E-state index contributed by atoms with van der Waals surface area (Å²) in [4.78, 5) is 12.9. The number of hydrogen-bond donors (Lipinski definition) is 1. The Hall–Kier alpha value is -1.61. The molecule has 1 N–H and O–H groups in total. The number of hydrogen-bond acceptors (Lipinski definition) is 3. The summed E-state index contributed by atoms with van der Waals surface area (Å²) in [5.74, 6) is -0.455. The van der Waals surface area contributed by atoms with Gasteiger partial charge in [0.15, 0.2) is 0 Å². The summed E-state index contributed by atoms with van der Waals surface area (Å²) < 4.78 is 28.6. The molecule has 0 aromatic heterocycles. The number of amides is 1. The van der Waals surface area contributed by atoms with E-state index < -0.39 is 22.5 Å². The minimum Gasteiger partial charge on any atom is -0.348 e. The number of rotatable bonds is 8. The van der Waals surface area contributed by atoms with Gasteiger partial charge in [0, 0.05) is 26.1 Å². The molecule has 3 aromatic carbocycles. The zero-order valence-electron chi connectivity index (χ0n) is 17.4. The third kappa shape index (κ3) is 6.94. The molecule has 0 saturated heterocycles. The van der Waals surface area contributed by atoms with Gasteiger partial charge in [0.05, 0.1) is 17.5 Å². The van der Waals surface area contributed by atoms with Gasteiger partial charge in [-0.2, -0.15) is 4.31 Å². The molecule has 1 atom stereocenters. The van der Waals surface area contributed by atoms with Crippen molar-refractivity contribution in [3.63, 3.8) is 0 Å². The number of sulfonamides is 1. The summed E-state index contributed by atoms with van der Waals surface area (Å²) in [7, 11) is -4.00. The molecule has 3 rings (SSSR count). The molecule has 10 heteroatoms. The number of benzene rings is 3. The first-order chi connectivity index (χ1) is 15.6. The summed E-state index contributed by atoms with van der Waals surface area (Å²) in [5.41, 5.74) is 1.37. The fourth-order valence-corrected chi connectivity index (χ4v) is 5.34. The first kappa shape index (κ1) is 26.0. The highest BCUT2D eigenvalue weighted by atomic mass is 79.9. The first-order valence-corrected chi connectivity index (χ1v) is 13.2. The average molecular weight is 591 g/mol. The largest absolute Gasteiger partial charge is 0.348 e. The van der Waals surface area contributed by atoms with E-state index in [1.165, 1.54) is 18.2 Å². The second-order valence-corrected chi connectivity index (χ2v) is 11.4. The van der Waals surface area contributed by atoms with Gasteiger partial charge in [-0.3, -0.25) is 4.79 Å². The fourth-order valence-electron chi connectivity index (χ4n) is 3.10. The van der Waals surface area contributed by atoms with Crippen LogP contribution in [0.25, 0.3) is 0 Å². The third-order valence-electron chi connectivity index (χ3n) is 4.88. The highest BCUT2D eigenvalue weighted by Gasteiger charge is 2.28. The molecule has 0 spiro atoms. The van der Waals surface area contributed by atoms with Crippen LogP contribution >= 0.6 is 50.7 Å². The number of carbonyl (C=O) groups excluding carboxylic acids is 1. The summed E-state index contributed by atoms with van der Waals surface area (Å²) in [6.45, 7) is 1.32. The zero-order valence-corrected chi connectivity index (χ0v) is 22.1. The van der Waals surface area contributed by atoms with Crippen molar-refractivity contribution in [3.8, 4) is 0 Å². The molecule has 0 radical (unpaired) electrons. The predicted octanol–water partition coefficient (Wildman–Crippen LogP) is 6.48. The molecule has 1 amide bonds. The van der Waals surface area contributed by atoms with E-state index in [1.54, 1.807) is 48.5 Å². The molecule has 0 aliphatic carbocycles. The van der Waals surface area contributed by atoms with Crippen molar-refractivity contribution in [3.05, 3.63) is 97.4 Å². The Morgan fingerprint density at radius 1 is 0.970 bits per heavy atom. The van der Waals surface area contributed by atoms with Crippen molar-refractivity contribution in [2.75, 3.05) is 6.54 Å². The van der Waals surface area contributed by atoms with Gasteiger partial charge in [0.2, 0.25) is 15.9 Å². The van der Waals surface area contributed by atoms with Crippen molar-refractivity contribution in [2.24, 2.45) is 0 Å². The summed E-state index contributed by atoms with van der Waals surface area (Å²) in [6.07, 6.45) is 0. The number of nitrogens with one attached hydrogen (secondary N) is 1. The summed E-state index contributed by atoms with van der Waals surface area (Å²) in [5, 5.41) is 4.17. The minimum atomic E-state index is -4.00. The molecule has 0 bridgehead atoms. The fraction of sp³-hybridized carbons (Fsp3) is 0.174. The molecule has 0 fully saturated rings. The van der Waals surface area contributed by atoms with Gasteiger partial charge in [-0.05, 0) is 66.6 Å². The SMILES string of the molecule is C[C@H](NC(=O)CN(Cc1ccc(Cl)cc1Cl)S(=O)(=O)c1ccc(Br)cc1)c1ccc(Cl)cc1. The minimum absolute atomic E-state index is 0.0642. The van der Waals surface area contributed by atoms with E-state index in [-0.39, 0.29) is 17.5 Å². The lowest BCUT2D eigenvalue weighted by Crippen LogP contribution is -2.41. The maximum absolute atomic E-state index is 13.4. The van der Waals surface area contributed by atoms with Crippen molar-refractivity contribution < 1.29 is 13.2 Å². The van der Waals surface area contributed by atoms with Gasteiger partial charge in [-0.1, -0.05) is 68.9 Å². The molecule has 0 saturated carbocycles. The van der Waals surface area contributed by atoms with E-state index in [2.05, 4.69) is 21.2 Å². The normalized spacial score (nSPS) is 12.5. The van der Waals surface area contributed by atoms with Crippen molar-refractivity contribution >= 4 is 66.7 Å². The average Bonchev–Trinajstić information content (AvgIpc) is 2.75. The van der Waals surface area contributed by atoms with E-state index in [4.69, 9.17) is 34.8 Å². The molecule has 33 heavy (non-hydrogen) atoms. The molecule has 0 aliphatic heterocycles. The van der Waals surface area contributed by atoms with Crippen LogP contribution in [0.1, 0.15) is 24.1 Å². The third-order valence-corrected chi connectivity index (χ3v) is 8.05. The molecular weight excluding hydrogens is 571 g/mol. The van der Waals surface area contributed by atoms with E-state index in [9.17, 15) is 13.2 Å². The topological polar surface area (TPSA) is 66.5 Å². The van der Waals surface area contributed by atoms with Crippen LogP contribution in [0.3, 0.4) is 0 Å². The predicted molar refractivity (Wildman–Crippen MR) is 136 cm³/mol. The second-order valence-electron chi connectivity index (χ2n) is 7.30. The lowest BCUT2D eigenvalue weighted by Gasteiger charge is -2.24. The Morgan fingerprint density at radius 3 is 2.18 bits per heavy atom.